The van der Waals surface area contributed by atoms with Crippen molar-refractivity contribution in [2.75, 3.05) is 0 Å². The van der Waals surface area contributed by atoms with Crippen molar-refractivity contribution in [3.8, 4) is 0 Å². The van der Waals surface area contributed by atoms with Crippen LogP contribution in [0.5, 0.6) is 0 Å². The average Bonchev–Trinajstić information content (AvgIpc) is 2.09. The van der Waals surface area contributed by atoms with E-state index in [4.69, 9.17) is 13.1 Å². The monoisotopic (exact) mass is 160 g/mol. The number of nitrogens with zero attached hydrogens (tertiary/aromatic N) is 2. The van der Waals surface area contributed by atoms with Gasteiger partial charge >= 0.3 is 0 Å². The highest BCUT2D eigenvalue weighted by Gasteiger charge is 2.03. The Labute approximate surface area is 69.9 Å². The first-order valence-corrected chi connectivity index (χ1v) is 3.27. The van der Waals surface area contributed by atoms with Crippen molar-refractivity contribution >= 4 is 5.69 Å². The molecule has 1 rings (SSSR count). The Hall–Kier alpha value is -1.87. The Morgan fingerprint density at radius 2 is 2.08 bits per heavy atom. The summed E-state index contributed by atoms with van der Waals surface area (Å²) in [4.78, 5) is 6.12. The zero-order chi connectivity index (χ0) is 8.97. The van der Waals surface area contributed by atoms with Crippen LogP contribution in [0, 0.1) is 19.0 Å². The van der Waals surface area contributed by atoms with Crippen molar-refractivity contribution in [2.45, 2.75) is 6.54 Å². The molecule has 0 fully saturated rings. The lowest BCUT2D eigenvalue weighted by atomic mass is 10.2. The fourth-order valence-corrected chi connectivity index (χ4v) is 0.834. The van der Waals surface area contributed by atoms with Crippen LogP contribution in [-0.2, 0) is 6.54 Å². The molecule has 0 atom stereocenters. The number of halogens is 1. The zero-order valence-electron chi connectivity index (χ0n) is 6.21. The molecule has 1 aromatic rings. The fourth-order valence-electron chi connectivity index (χ4n) is 0.834. The van der Waals surface area contributed by atoms with Crippen molar-refractivity contribution in [2.24, 2.45) is 0 Å². The Bertz CT molecular complexity index is 371. The molecule has 0 aliphatic rings. The SMILES string of the molecule is [C-]#[N+]Cc1ccc(F)c([N+]#[C-])c1. The van der Waals surface area contributed by atoms with Gasteiger partial charge in [0.1, 0.15) is 5.82 Å². The minimum Gasteiger partial charge on any atom is -0.312 e. The Morgan fingerprint density at radius 3 is 2.67 bits per heavy atom. The van der Waals surface area contributed by atoms with Gasteiger partial charge in [-0.2, -0.15) is 0 Å². The summed E-state index contributed by atoms with van der Waals surface area (Å²) in [6.07, 6.45) is 0. The molecule has 3 heteroatoms. The molecule has 2 nitrogen and oxygen atoms in total. The minimum absolute atomic E-state index is 0.0175. The van der Waals surface area contributed by atoms with E-state index in [1.165, 1.54) is 18.2 Å². The van der Waals surface area contributed by atoms with E-state index in [0.29, 0.717) is 5.56 Å². The van der Waals surface area contributed by atoms with Crippen LogP contribution >= 0.6 is 0 Å². The Kier molecular flexibility index (Phi) is 2.40. The van der Waals surface area contributed by atoms with Crippen LogP contribution in [0.1, 0.15) is 5.56 Å². The average molecular weight is 160 g/mol. The summed E-state index contributed by atoms with van der Waals surface area (Å²) in [5.74, 6) is -0.529. The van der Waals surface area contributed by atoms with E-state index < -0.39 is 5.82 Å². The second-order valence-corrected chi connectivity index (χ2v) is 2.21. The van der Waals surface area contributed by atoms with Gasteiger partial charge in [-0.25, -0.2) is 15.8 Å². The molecule has 0 aliphatic carbocycles. The summed E-state index contributed by atoms with van der Waals surface area (Å²) in [7, 11) is 0. The summed E-state index contributed by atoms with van der Waals surface area (Å²) in [5.41, 5.74) is 0.661. The highest BCUT2D eigenvalue weighted by molar-refractivity contribution is 5.48. The maximum atomic E-state index is 12.7. The van der Waals surface area contributed by atoms with Crippen LogP contribution < -0.4 is 0 Å². The van der Waals surface area contributed by atoms with Gasteiger partial charge in [-0.3, -0.25) is 0 Å². The number of rotatable bonds is 1. The minimum atomic E-state index is -0.529. The second kappa shape index (κ2) is 3.50. The van der Waals surface area contributed by atoms with Gasteiger partial charge in [0.2, 0.25) is 12.2 Å². The van der Waals surface area contributed by atoms with Crippen LogP contribution in [-0.4, -0.2) is 0 Å². The van der Waals surface area contributed by atoms with Gasteiger partial charge < -0.3 is 4.85 Å². The topological polar surface area (TPSA) is 8.72 Å². The fraction of sp³-hybridized carbons (Fsp3) is 0.111. The largest absolute Gasteiger partial charge is 0.312 e. The third kappa shape index (κ3) is 1.59. The second-order valence-electron chi connectivity index (χ2n) is 2.21. The van der Waals surface area contributed by atoms with Gasteiger partial charge in [-0.05, 0) is 12.1 Å². The van der Waals surface area contributed by atoms with E-state index in [1.54, 1.807) is 0 Å². The highest BCUT2D eigenvalue weighted by atomic mass is 19.1. The predicted octanol–water partition coefficient (Wildman–Crippen LogP) is 2.80. The van der Waals surface area contributed by atoms with Gasteiger partial charge in [0, 0.05) is 5.56 Å². The first kappa shape index (κ1) is 8.23. The lowest BCUT2D eigenvalue weighted by Crippen LogP contribution is -1.80. The molecule has 0 heterocycles. The molecule has 0 radical (unpaired) electrons. The molecule has 0 saturated heterocycles. The van der Waals surface area contributed by atoms with E-state index in [1.807, 2.05) is 0 Å². The summed E-state index contributed by atoms with van der Waals surface area (Å²) in [6, 6.07) is 4.14. The van der Waals surface area contributed by atoms with Gasteiger partial charge in [0.05, 0.1) is 6.57 Å². The number of hydrogen-bond donors (Lipinski definition) is 0. The van der Waals surface area contributed by atoms with E-state index in [9.17, 15) is 4.39 Å². The van der Waals surface area contributed by atoms with Crippen molar-refractivity contribution in [3.63, 3.8) is 0 Å². The smallest absolute Gasteiger partial charge is 0.238 e. The third-order valence-electron chi connectivity index (χ3n) is 1.39. The molecule has 1 aromatic carbocycles. The van der Waals surface area contributed by atoms with Crippen molar-refractivity contribution < 1.29 is 4.39 Å². The van der Waals surface area contributed by atoms with E-state index in [2.05, 4.69) is 9.69 Å². The maximum Gasteiger partial charge on any atom is 0.238 e. The first-order chi connectivity index (χ1) is 5.77. The van der Waals surface area contributed by atoms with Gasteiger partial charge in [0.25, 0.3) is 0 Å². The molecule has 0 spiro atoms. The Balaban J connectivity index is 3.09. The highest BCUT2D eigenvalue weighted by Crippen LogP contribution is 2.19. The van der Waals surface area contributed by atoms with E-state index >= 15 is 0 Å². The van der Waals surface area contributed by atoms with Crippen LogP contribution in [0.15, 0.2) is 18.2 Å². The summed E-state index contributed by atoms with van der Waals surface area (Å²) >= 11 is 0. The van der Waals surface area contributed by atoms with Gasteiger partial charge in [-0.15, -0.1) is 0 Å². The zero-order valence-corrected chi connectivity index (χ0v) is 6.21. The maximum absolute atomic E-state index is 12.7. The number of benzene rings is 1. The molecular formula is C9H5FN2. The first-order valence-electron chi connectivity index (χ1n) is 3.27. The Morgan fingerprint density at radius 1 is 1.33 bits per heavy atom. The molecule has 0 unspecified atom stereocenters. The van der Waals surface area contributed by atoms with Crippen molar-refractivity contribution in [3.05, 3.63) is 52.4 Å². The molecule has 0 aromatic heterocycles. The van der Waals surface area contributed by atoms with E-state index in [-0.39, 0.29) is 12.2 Å². The van der Waals surface area contributed by atoms with Crippen molar-refractivity contribution in [1.82, 2.24) is 0 Å². The lowest BCUT2D eigenvalue weighted by molar-refractivity contribution is 0.633. The molecule has 12 heavy (non-hydrogen) atoms. The summed E-state index contributed by atoms with van der Waals surface area (Å²) < 4.78 is 12.7. The van der Waals surface area contributed by atoms with Crippen LogP contribution in [0.3, 0.4) is 0 Å². The van der Waals surface area contributed by atoms with Crippen LogP contribution in [0.2, 0.25) is 0 Å². The molecular weight excluding hydrogens is 155 g/mol. The quantitative estimate of drug-likeness (QED) is 0.558. The van der Waals surface area contributed by atoms with Gasteiger partial charge in [-0.1, -0.05) is 6.07 Å². The van der Waals surface area contributed by atoms with E-state index in [0.717, 1.165) is 0 Å². The van der Waals surface area contributed by atoms with Crippen molar-refractivity contribution in [1.29, 1.82) is 0 Å². The summed E-state index contributed by atoms with van der Waals surface area (Å²) in [6.45, 7) is 13.4. The third-order valence-corrected chi connectivity index (χ3v) is 1.39. The number of hydrogen-bond acceptors (Lipinski definition) is 0. The predicted molar refractivity (Wildman–Crippen MR) is 43.0 cm³/mol. The summed E-state index contributed by atoms with van der Waals surface area (Å²) in [5, 5.41) is 0. The molecule has 0 amide bonds. The lowest BCUT2D eigenvalue weighted by Gasteiger charge is -1.94. The molecule has 0 N–H and O–H groups in total. The molecule has 0 saturated carbocycles. The molecule has 58 valence electrons. The van der Waals surface area contributed by atoms with Gasteiger partial charge in [0.15, 0.2) is 0 Å². The molecule has 0 bridgehead atoms. The van der Waals surface area contributed by atoms with Crippen LogP contribution in [0.25, 0.3) is 9.69 Å². The standard InChI is InChI=1S/C9H5FN2/c1-11-6-7-3-4-8(10)9(5-7)12-2/h3-5H,6H2. The normalized spacial score (nSPS) is 8.58. The molecule has 0 aliphatic heterocycles. The van der Waals surface area contributed by atoms with Crippen LogP contribution in [0.4, 0.5) is 10.1 Å².